The number of methoxy groups -OCH3 is 1. The standard InChI is InChI=1S/C17H25BrN2O/c1-4-19-13(2)15-5-6-17(16(18)11-15)20-9-7-14(8-10-20)12-21-3/h5-7,11,13,19H,4,8-10,12H2,1-3H3. The van der Waals surface area contributed by atoms with Crippen LogP contribution in [0, 0.1) is 0 Å². The Balaban J connectivity index is 2.08. The maximum absolute atomic E-state index is 5.21. The number of anilines is 1. The van der Waals surface area contributed by atoms with Crippen LogP contribution in [0.25, 0.3) is 0 Å². The molecule has 2 rings (SSSR count). The molecule has 0 amide bonds. The molecule has 1 atom stereocenters. The van der Waals surface area contributed by atoms with Crippen molar-refractivity contribution in [1.82, 2.24) is 5.32 Å². The van der Waals surface area contributed by atoms with Gasteiger partial charge in [-0.3, -0.25) is 0 Å². The van der Waals surface area contributed by atoms with Crippen molar-refractivity contribution in [3.8, 4) is 0 Å². The Kier molecular flexibility index (Phi) is 6.27. The zero-order chi connectivity index (χ0) is 15.2. The second-order valence-corrected chi connectivity index (χ2v) is 6.34. The first-order valence-electron chi connectivity index (χ1n) is 7.60. The highest BCUT2D eigenvalue weighted by atomic mass is 79.9. The van der Waals surface area contributed by atoms with E-state index in [2.05, 4.69) is 64.3 Å². The van der Waals surface area contributed by atoms with Crippen molar-refractivity contribution >= 4 is 21.6 Å². The highest BCUT2D eigenvalue weighted by molar-refractivity contribution is 9.10. The van der Waals surface area contributed by atoms with Crippen LogP contribution in [0.3, 0.4) is 0 Å². The predicted octanol–water partition coefficient (Wildman–Crippen LogP) is 3.90. The Morgan fingerprint density at radius 3 is 2.81 bits per heavy atom. The Bertz CT molecular complexity index is 502. The minimum Gasteiger partial charge on any atom is -0.380 e. The molecule has 1 aliphatic rings. The van der Waals surface area contributed by atoms with Gasteiger partial charge in [-0.25, -0.2) is 0 Å². The molecular weight excluding hydrogens is 328 g/mol. The maximum Gasteiger partial charge on any atom is 0.0674 e. The molecule has 0 radical (unpaired) electrons. The van der Waals surface area contributed by atoms with Gasteiger partial charge < -0.3 is 15.0 Å². The fraction of sp³-hybridized carbons (Fsp3) is 0.529. The van der Waals surface area contributed by atoms with Gasteiger partial charge in [0.15, 0.2) is 0 Å². The molecule has 0 aliphatic carbocycles. The molecule has 1 aromatic carbocycles. The lowest BCUT2D eigenvalue weighted by atomic mass is 10.1. The summed E-state index contributed by atoms with van der Waals surface area (Å²) in [5.41, 5.74) is 4.00. The second-order valence-electron chi connectivity index (χ2n) is 5.48. The van der Waals surface area contributed by atoms with Gasteiger partial charge in [-0.1, -0.05) is 19.1 Å². The second kappa shape index (κ2) is 7.97. The molecule has 1 aliphatic heterocycles. The van der Waals surface area contributed by atoms with Gasteiger partial charge in [0, 0.05) is 30.7 Å². The molecule has 1 aromatic rings. The highest BCUT2D eigenvalue weighted by Crippen LogP contribution is 2.31. The zero-order valence-corrected chi connectivity index (χ0v) is 14.7. The van der Waals surface area contributed by atoms with Gasteiger partial charge in [0.05, 0.1) is 12.3 Å². The molecule has 0 saturated heterocycles. The van der Waals surface area contributed by atoms with Crippen molar-refractivity contribution in [2.45, 2.75) is 26.3 Å². The van der Waals surface area contributed by atoms with Crippen LogP contribution in [0.1, 0.15) is 31.9 Å². The van der Waals surface area contributed by atoms with Crippen molar-refractivity contribution in [1.29, 1.82) is 0 Å². The fourth-order valence-corrected chi connectivity index (χ4v) is 3.37. The van der Waals surface area contributed by atoms with E-state index >= 15 is 0 Å². The Labute approximate surface area is 136 Å². The number of halogens is 1. The van der Waals surface area contributed by atoms with Crippen LogP contribution in [-0.4, -0.2) is 33.4 Å². The number of benzene rings is 1. The molecule has 1 unspecified atom stereocenters. The van der Waals surface area contributed by atoms with Gasteiger partial charge in [0.25, 0.3) is 0 Å². The van der Waals surface area contributed by atoms with Crippen LogP contribution < -0.4 is 10.2 Å². The van der Waals surface area contributed by atoms with Crippen LogP contribution in [0.15, 0.2) is 34.3 Å². The minimum absolute atomic E-state index is 0.384. The van der Waals surface area contributed by atoms with E-state index in [1.807, 2.05) is 0 Å². The summed E-state index contributed by atoms with van der Waals surface area (Å²) in [4.78, 5) is 2.41. The first kappa shape index (κ1) is 16.5. The lowest BCUT2D eigenvalue weighted by Gasteiger charge is -2.29. The van der Waals surface area contributed by atoms with Gasteiger partial charge in [-0.2, -0.15) is 0 Å². The monoisotopic (exact) mass is 352 g/mol. The van der Waals surface area contributed by atoms with Crippen molar-refractivity contribution in [2.75, 3.05) is 38.3 Å². The molecule has 116 valence electrons. The SMILES string of the molecule is CCNC(C)c1ccc(N2CC=C(COC)CC2)c(Br)c1. The molecule has 1 N–H and O–H groups in total. The normalized spacial score (nSPS) is 16.8. The molecular formula is C17H25BrN2O. The molecule has 21 heavy (non-hydrogen) atoms. The van der Waals surface area contributed by atoms with E-state index in [0.717, 1.165) is 32.7 Å². The van der Waals surface area contributed by atoms with Crippen molar-refractivity contribution in [3.05, 3.63) is 39.9 Å². The summed E-state index contributed by atoms with van der Waals surface area (Å²) in [7, 11) is 1.76. The highest BCUT2D eigenvalue weighted by Gasteiger charge is 2.15. The number of hydrogen-bond donors (Lipinski definition) is 1. The van der Waals surface area contributed by atoms with Crippen LogP contribution >= 0.6 is 15.9 Å². The van der Waals surface area contributed by atoms with E-state index in [4.69, 9.17) is 4.74 Å². The molecule has 3 nitrogen and oxygen atoms in total. The van der Waals surface area contributed by atoms with Crippen LogP contribution in [-0.2, 0) is 4.74 Å². The number of ether oxygens (including phenoxy) is 1. The Morgan fingerprint density at radius 1 is 1.43 bits per heavy atom. The Hall–Kier alpha value is -0.840. The van der Waals surface area contributed by atoms with Gasteiger partial charge in [0.1, 0.15) is 0 Å². The van der Waals surface area contributed by atoms with Crippen molar-refractivity contribution in [3.63, 3.8) is 0 Å². The summed E-state index contributed by atoms with van der Waals surface area (Å²) < 4.78 is 6.38. The summed E-state index contributed by atoms with van der Waals surface area (Å²) in [6, 6.07) is 7.07. The molecule has 4 heteroatoms. The molecule has 0 fully saturated rings. The molecule has 1 heterocycles. The zero-order valence-electron chi connectivity index (χ0n) is 13.2. The lowest BCUT2D eigenvalue weighted by Crippen LogP contribution is -2.29. The third-order valence-corrected chi connectivity index (χ3v) is 4.59. The average Bonchev–Trinajstić information content (AvgIpc) is 2.49. The van der Waals surface area contributed by atoms with E-state index in [1.165, 1.54) is 21.3 Å². The lowest BCUT2D eigenvalue weighted by molar-refractivity contribution is 0.222. The first-order valence-corrected chi connectivity index (χ1v) is 8.39. The smallest absolute Gasteiger partial charge is 0.0674 e. The quantitative estimate of drug-likeness (QED) is 0.785. The topological polar surface area (TPSA) is 24.5 Å². The summed E-state index contributed by atoms with van der Waals surface area (Å²) >= 11 is 3.73. The molecule has 0 aromatic heterocycles. The van der Waals surface area contributed by atoms with E-state index in [1.54, 1.807) is 7.11 Å². The van der Waals surface area contributed by atoms with Gasteiger partial charge in [-0.15, -0.1) is 0 Å². The van der Waals surface area contributed by atoms with Crippen LogP contribution in [0.2, 0.25) is 0 Å². The number of nitrogens with one attached hydrogen (secondary N) is 1. The van der Waals surface area contributed by atoms with Crippen LogP contribution in [0.5, 0.6) is 0 Å². The maximum atomic E-state index is 5.21. The Morgan fingerprint density at radius 2 is 2.24 bits per heavy atom. The number of hydrogen-bond acceptors (Lipinski definition) is 3. The van der Waals surface area contributed by atoms with Crippen molar-refractivity contribution < 1.29 is 4.74 Å². The summed E-state index contributed by atoms with van der Waals surface area (Å²) in [6.45, 7) is 8.09. The summed E-state index contributed by atoms with van der Waals surface area (Å²) in [5, 5.41) is 3.45. The molecule has 0 bridgehead atoms. The van der Waals surface area contributed by atoms with Gasteiger partial charge in [-0.05, 0) is 59.1 Å². The predicted molar refractivity (Wildman–Crippen MR) is 93.0 cm³/mol. The minimum atomic E-state index is 0.384. The molecule has 0 spiro atoms. The molecule has 0 saturated carbocycles. The van der Waals surface area contributed by atoms with E-state index in [0.29, 0.717) is 6.04 Å². The van der Waals surface area contributed by atoms with E-state index in [-0.39, 0.29) is 0 Å². The number of rotatable bonds is 6. The van der Waals surface area contributed by atoms with E-state index < -0.39 is 0 Å². The average molecular weight is 353 g/mol. The number of nitrogens with zero attached hydrogens (tertiary/aromatic N) is 1. The first-order chi connectivity index (χ1) is 10.2. The third kappa shape index (κ3) is 4.31. The van der Waals surface area contributed by atoms with Gasteiger partial charge >= 0.3 is 0 Å². The van der Waals surface area contributed by atoms with E-state index in [9.17, 15) is 0 Å². The largest absolute Gasteiger partial charge is 0.380 e. The summed E-state index contributed by atoms with van der Waals surface area (Å²) in [5.74, 6) is 0. The van der Waals surface area contributed by atoms with Gasteiger partial charge in [0.2, 0.25) is 0 Å². The summed E-state index contributed by atoms with van der Waals surface area (Å²) in [6.07, 6.45) is 3.37. The van der Waals surface area contributed by atoms with Crippen molar-refractivity contribution in [2.24, 2.45) is 0 Å². The fourth-order valence-electron chi connectivity index (χ4n) is 2.72. The van der Waals surface area contributed by atoms with Crippen LogP contribution in [0.4, 0.5) is 5.69 Å². The third-order valence-electron chi connectivity index (χ3n) is 3.96.